The molecule has 2 aromatic carbocycles. The van der Waals surface area contributed by atoms with Crippen LogP contribution < -0.4 is 14.8 Å². The number of nitrogens with zero attached hydrogens (tertiary/aromatic N) is 1. The van der Waals surface area contributed by atoms with Crippen molar-refractivity contribution in [3.63, 3.8) is 0 Å². The highest BCUT2D eigenvalue weighted by atomic mass is 16.5. The minimum Gasteiger partial charge on any atom is -0.497 e. The standard InChI is InChI=1S/C24H24N2O6/c1-4-31-22(28)19-16-12-32-18-8-6-5-7-14(18)20(16)26-21(27)15-11-13(30-3)9-10-17(15)25-23(29)24(19,26)2/h5-11,16,19-20H,4,12H2,1-3H3,(H,25,29)/t16-,19-,20+,24-/m1/s1. The fourth-order valence-corrected chi connectivity index (χ4v) is 5.37. The number of ether oxygens (including phenoxy) is 3. The van der Waals surface area contributed by atoms with Crippen molar-refractivity contribution in [2.45, 2.75) is 25.4 Å². The van der Waals surface area contributed by atoms with Crippen molar-refractivity contribution in [2.75, 3.05) is 25.6 Å². The topological polar surface area (TPSA) is 94.2 Å². The number of esters is 1. The quantitative estimate of drug-likeness (QED) is 0.744. The molecule has 3 aliphatic heterocycles. The highest BCUT2D eigenvalue weighted by Gasteiger charge is 2.67. The Morgan fingerprint density at radius 1 is 1.25 bits per heavy atom. The Labute approximate surface area is 185 Å². The van der Waals surface area contributed by atoms with Crippen molar-refractivity contribution in [1.29, 1.82) is 0 Å². The van der Waals surface area contributed by atoms with Crippen LogP contribution >= 0.6 is 0 Å². The van der Waals surface area contributed by atoms with Crippen molar-refractivity contribution < 1.29 is 28.6 Å². The maximum absolute atomic E-state index is 14.0. The molecule has 32 heavy (non-hydrogen) atoms. The van der Waals surface area contributed by atoms with Crippen LogP contribution in [-0.2, 0) is 14.3 Å². The second-order valence-electron chi connectivity index (χ2n) is 8.38. The predicted molar refractivity (Wildman–Crippen MR) is 114 cm³/mol. The smallest absolute Gasteiger partial charge is 0.312 e. The summed E-state index contributed by atoms with van der Waals surface area (Å²) in [5.41, 5.74) is 0.00463. The molecular weight excluding hydrogens is 412 g/mol. The van der Waals surface area contributed by atoms with Gasteiger partial charge in [0.25, 0.3) is 11.8 Å². The summed E-state index contributed by atoms with van der Waals surface area (Å²) < 4.78 is 16.6. The molecule has 3 aliphatic rings. The van der Waals surface area contributed by atoms with Crippen molar-refractivity contribution >= 4 is 23.5 Å². The van der Waals surface area contributed by atoms with Gasteiger partial charge in [0, 0.05) is 11.5 Å². The van der Waals surface area contributed by atoms with Crippen LogP contribution in [0.15, 0.2) is 42.5 Å². The molecule has 0 aliphatic carbocycles. The molecule has 166 valence electrons. The van der Waals surface area contributed by atoms with Crippen LogP contribution in [0.2, 0.25) is 0 Å². The van der Waals surface area contributed by atoms with E-state index in [1.807, 2.05) is 24.3 Å². The molecule has 0 spiro atoms. The van der Waals surface area contributed by atoms with Crippen molar-refractivity contribution in [3.8, 4) is 11.5 Å². The summed E-state index contributed by atoms with van der Waals surface area (Å²) in [5.74, 6) is -1.47. The molecule has 8 heteroatoms. The number of hydrogen-bond acceptors (Lipinski definition) is 6. The lowest BCUT2D eigenvalue weighted by Gasteiger charge is -2.38. The van der Waals surface area contributed by atoms with Gasteiger partial charge < -0.3 is 24.4 Å². The van der Waals surface area contributed by atoms with E-state index in [4.69, 9.17) is 14.2 Å². The average molecular weight is 436 g/mol. The number of rotatable bonds is 3. The number of nitrogens with one attached hydrogen (secondary N) is 1. The van der Waals surface area contributed by atoms with E-state index in [2.05, 4.69) is 5.32 Å². The summed E-state index contributed by atoms with van der Waals surface area (Å²) >= 11 is 0. The molecular formula is C24H24N2O6. The van der Waals surface area contributed by atoms with Gasteiger partial charge in [-0.3, -0.25) is 14.4 Å². The third-order valence-corrected chi connectivity index (χ3v) is 6.81. The Hall–Kier alpha value is -3.55. The fraction of sp³-hybridized carbons (Fsp3) is 0.375. The van der Waals surface area contributed by atoms with Gasteiger partial charge in [-0.1, -0.05) is 18.2 Å². The molecule has 5 rings (SSSR count). The van der Waals surface area contributed by atoms with Gasteiger partial charge in [0.05, 0.1) is 43.5 Å². The summed E-state index contributed by atoms with van der Waals surface area (Å²) in [7, 11) is 1.52. The van der Waals surface area contributed by atoms with Crippen molar-refractivity contribution in [3.05, 3.63) is 53.6 Å². The highest BCUT2D eigenvalue weighted by molar-refractivity contribution is 6.13. The number of carbonyl (C=O) groups excluding carboxylic acids is 3. The Balaban J connectivity index is 1.75. The first kappa shape index (κ1) is 20.4. The molecule has 0 radical (unpaired) electrons. The van der Waals surface area contributed by atoms with E-state index in [0.29, 0.717) is 22.7 Å². The third kappa shape index (κ3) is 2.65. The van der Waals surface area contributed by atoms with Gasteiger partial charge in [0.1, 0.15) is 17.0 Å². The Kier molecular flexibility index (Phi) is 4.62. The van der Waals surface area contributed by atoms with Crippen LogP contribution in [0.25, 0.3) is 0 Å². The first-order chi connectivity index (χ1) is 15.4. The number of anilines is 1. The molecule has 0 unspecified atom stereocenters. The average Bonchev–Trinajstić information content (AvgIpc) is 3.04. The van der Waals surface area contributed by atoms with Crippen LogP contribution in [0.4, 0.5) is 5.69 Å². The van der Waals surface area contributed by atoms with Gasteiger partial charge in [-0.25, -0.2) is 0 Å². The minimum absolute atomic E-state index is 0.174. The van der Waals surface area contributed by atoms with E-state index in [1.165, 1.54) is 7.11 Å². The normalized spacial score (nSPS) is 27.7. The van der Waals surface area contributed by atoms with E-state index in [0.717, 1.165) is 5.56 Å². The van der Waals surface area contributed by atoms with Crippen LogP contribution in [0.1, 0.15) is 35.8 Å². The second-order valence-corrected chi connectivity index (χ2v) is 8.38. The highest BCUT2D eigenvalue weighted by Crippen LogP contribution is 2.56. The number of amides is 2. The molecule has 0 bridgehead atoms. The molecule has 4 atom stereocenters. The van der Waals surface area contributed by atoms with Gasteiger partial charge in [0.15, 0.2) is 0 Å². The first-order valence-electron chi connectivity index (χ1n) is 10.6. The lowest BCUT2D eigenvalue weighted by Crippen LogP contribution is -2.57. The van der Waals surface area contributed by atoms with Crippen LogP contribution in [0, 0.1) is 11.8 Å². The van der Waals surface area contributed by atoms with E-state index < -0.39 is 35.3 Å². The summed E-state index contributed by atoms with van der Waals surface area (Å²) in [6, 6.07) is 11.8. The van der Waals surface area contributed by atoms with Crippen LogP contribution in [-0.4, -0.2) is 48.5 Å². The molecule has 1 fully saturated rings. The number of para-hydroxylation sites is 1. The maximum atomic E-state index is 14.0. The molecule has 8 nitrogen and oxygen atoms in total. The van der Waals surface area contributed by atoms with Gasteiger partial charge in [-0.15, -0.1) is 0 Å². The molecule has 2 amide bonds. The number of fused-ring (bicyclic) bond motifs is 6. The van der Waals surface area contributed by atoms with Gasteiger partial charge in [-0.2, -0.15) is 0 Å². The summed E-state index contributed by atoms with van der Waals surface area (Å²) in [5, 5.41) is 2.87. The third-order valence-electron chi connectivity index (χ3n) is 6.81. The molecule has 2 aromatic rings. The SMILES string of the molecule is CCOC(=O)[C@H]1[C@H]2COc3ccccc3[C@@H]2N2C(=O)c3cc(OC)ccc3NC(=O)[C@@]12C. The van der Waals surface area contributed by atoms with Crippen molar-refractivity contribution in [2.24, 2.45) is 11.8 Å². The number of hydrogen-bond donors (Lipinski definition) is 1. The number of methoxy groups -OCH3 is 1. The van der Waals surface area contributed by atoms with E-state index in [1.54, 1.807) is 36.9 Å². The minimum atomic E-state index is -1.47. The molecule has 1 saturated heterocycles. The molecule has 0 saturated carbocycles. The van der Waals surface area contributed by atoms with Crippen LogP contribution in [0.5, 0.6) is 11.5 Å². The van der Waals surface area contributed by atoms with E-state index in [-0.39, 0.29) is 19.1 Å². The van der Waals surface area contributed by atoms with Gasteiger partial charge >= 0.3 is 5.97 Å². The largest absolute Gasteiger partial charge is 0.497 e. The van der Waals surface area contributed by atoms with Crippen LogP contribution in [0.3, 0.4) is 0 Å². The Morgan fingerprint density at radius 3 is 2.78 bits per heavy atom. The predicted octanol–water partition coefficient (Wildman–Crippen LogP) is 2.79. The fourth-order valence-electron chi connectivity index (χ4n) is 5.37. The Morgan fingerprint density at radius 2 is 2.03 bits per heavy atom. The molecule has 0 aromatic heterocycles. The molecule has 3 heterocycles. The second kappa shape index (κ2) is 7.25. The maximum Gasteiger partial charge on any atom is 0.312 e. The lowest BCUT2D eigenvalue weighted by molar-refractivity contribution is -0.155. The van der Waals surface area contributed by atoms with E-state index >= 15 is 0 Å². The number of benzene rings is 2. The zero-order chi connectivity index (χ0) is 22.6. The van der Waals surface area contributed by atoms with Gasteiger partial charge in [0.2, 0.25) is 0 Å². The zero-order valence-corrected chi connectivity index (χ0v) is 18.1. The summed E-state index contributed by atoms with van der Waals surface area (Å²) in [6.07, 6.45) is 0. The summed E-state index contributed by atoms with van der Waals surface area (Å²) in [6.45, 7) is 3.74. The van der Waals surface area contributed by atoms with Gasteiger partial charge in [-0.05, 0) is 38.1 Å². The lowest BCUT2D eigenvalue weighted by atomic mass is 9.77. The van der Waals surface area contributed by atoms with E-state index in [9.17, 15) is 14.4 Å². The summed E-state index contributed by atoms with van der Waals surface area (Å²) in [4.78, 5) is 42.4. The van der Waals surface area contributed by atoms with Crippen molar-refractivity contribution in [1.82, 2.24) is 4.90 Å². The zero-order valence-electron chi connectivity index (χ0n) is 18.1. The monoisotopic (exact) mass is 436 g/mol. The Bertz CT molecular complexity index is 1130. The first-order valence-corrected chi connectivity index (χ1v) is 10.6. The number of carbonyl (C=O) groups is 3. The molecule has 1 N–H and O–H groups in total.